The lowest BCUT2D eigenvalue weighted by atomic mass is 10.2. The van der Waals surface area contributed by atoms with E-state index in [1.165, 1.54) is 13.2 Å². The molecule has 25 heavy (non-hydrogen) atoms. The summed E-state index contributed by atoms with van der Waals surface area (Å²) in [4.78, 5) is 0. The quantitative estimate of drug-likeness (QED) is 0.722. The smallest absolute Gasteiger partial charge is 0.273 e. The van der Waals surface area contributed by atoms with Crippen molar-refractivity contribution in [1.29, 1.82) is 0 Å². The average molecular weight is 361 g/mol. The predicted molar refractivity (Wildman–Crippen MR) is 94.0 cm³/mol. The Bertz CT molecular complexity index is 960. The molecule has 0 aliphatic heterocycles. The molecule has 0 saturated carbocycles. The number of hydrogen-bond acceptors (Lipinski definition) is 6. The highest BCUT2D eigenvalue weighted by atomic mass is 35.5. The summed E-state index contributed by atoms with van der Waals surface area (Å²) in [6.07, 6.45) is 1.55. The molecule has 0 unspecified atom stereocenters. The van der Waals surface area contributed by atoms with Crippen molar-refractivity contribution in [2.45, 2.75) is 20.8 Å². The van der Waals surface area contributed by atoms with Gasteiger partial charge in [-0.2, -0.15) is 14.9 Å². The van der Waals surface area contributed by atoms with E-state index >= 15 is 0 Å². The molecule has 1 aromatic carbocycles. The highest BCUT2D eigenvalue weighted by Gasteiger charge is 2.14. The third-order valence-corrected chi connectivity index (χ3v) is 3.92. The first-order valence-corrected chi connectivity index (χ1v) is 7.85. The zero-order valence-corrected chi connectivity index (χ0v) is 15.0. The van der Waals surface area contributed by atoms with Crippen LogP contribution < -0.4 is 4.74 Å². The Morgan fingerprint density at radius 1 is 1.20 bits per heavy atom. The molecule has 0 atom stereocenters. The standard InChI is InChI=1S/C16H17ClN6O2/c1-9-5-10(2)22(21-9)16-20-19-11(3)23(16)18-8-12-6-15(25-4)14(24)7-13(12)17/h5-8,24H,1-4H3/b18-8+. The minimum Gasteiger partial charge on any atom is -0.504 e. The van der Waals surface area contributed by atoms with E-state index in [0.717, 1.165) is 11.4 Å². The van der Waals surface area contributed by atoms with Gasteiger partial charge in [-0.1, -0.05) is 11.6 Å². The summed E-state index contributed by atoms with van der Waals surface area (Å²) in [5, 5.41) is 27.1. The molecular formula is C16H17ClN6O2. The third-order valence-electron chi connectivity index (χ3n) is 3.59. The van der Waals surface area contributed by atoms with Crippen molar-refractivity contribution in [3.05, 3.63) is 46.0 Å². The number of rotatable bonds is 4. The van der Waals surface area contributed by atoms with Crippen LogP contribution in [0.5, 0.6) is 11.5 Å². The van der Waals surface area contributed by atoms with Crippen LogP contribution in [-0.4, -0.2) is 43.1 Å². The van der Waals surface area contributed by atoms with Gasteiger partial charge < -0.3 is 9.84 Å². The maximum Gasteiger partial charge on any atom is 0.273 e. The largest absolute Gasteiger partial charge is 0.504 e. The Kier molecular flexibility index (Phi) is 4.45. The van der Waals surface area contributed by atoms with E-state index in [4.69, 9.17) is 16.3 Å². The van der Waals surface area contributed by atoms with Crippen molar-refractivity contribution in [2.24, 2.45) is 5.10 Å². The Morgan fingerprint density at radius 2 is 1.96 bits per heavy atom. The van der Waals surface area contributed by atoms with Gasteiger partial charge >= 0.3 is 0 Å². The van der Waals surface area contributed by atoms with Crippen LogP contribution in [0.15, 0.2) is 23.3 Å². The topological polar surface area (TPSA) is 90.4 Å². The fraction of sp³-hybridized carbons (Fsp3) is 0.250. The van der Waals surface area contributed by atoms with E-state index < -0.39 is 0 Å². The fourth-order valence-electron chi connectivity index (χ4n) is 2.39. The molecule has 9 heteroatoms. The maximum absolute atomic E-state index is 9.75. The molecule has 1 N–H and O–H groups in total. The van der Waals surface area contributed by atoms with Crippen LogP contribution in [0, 0.1) is 20.8 Å². The van der Waals surface area contributed by atoms with Gasteiger partial charge in [0.05, 0.1) is 24.0 Å². The number of nitrogens with zero attached hydrogens (tertiary/aromatic N) is 6. The Balaban J connectivity index is 2.03. The van der Waals surface area contributed by atoms with Gasteiger partial charge in [-0.05, 0) is 32.9 Å². The second kappa shape index (κ2) is 6.56. The van der Waals surface area contributed by atoms with Crippen LogP contribution in [0.3, 0.4) is 0 Å². The van der Waals surface area contributed by atoms with E-state index in [1.54, 1.807) is 28.6 Å². The number of phenols is 1. The van der Waals surface area contributed by atoms with Crippen molar-refractivity contribution >= 4 is 17.8 Å². The molecular weight excluding hydrogens is 344 g/mol. The van der Waals surface area contributed by atoms with Crippen molar-refractivity contribution in [1.82, 2.24) is 24.7 Å². The van der Waals surface area contributed by atoms with E-state index in [1.807, 2.05) is 19.9 Å². The van der Waals surface area contributed by atoms with Gasteiger partial charge in [0.15, 0.2) is 17.3 Å². The highest BCUT2D eigenvalue weighted by molar-refractivity contribution is 6.33. The minimum atomic E-state index is -0.0338. The normalized spacial score (nSPS) is 11.4. The summed E-state index contributed by atoms with van der Waals surface area (Å²) in [5.74, 6) is 1.35. The summed E-state index contributed by atoms with van der Waals surface area (Å²) in [6, 6.07) is 4.95. The number of ether oxygens (including phenoxy) is 1. The fourth-order valence-corrected chi connectivity index (χ4v) is 2.59. The molecule has 0 aliphatic rings. The maximum atomic E-state index is 9.75. The minimum absolute atomic E-state index is 0.0338. The van der Waals surface area contributed by atoms with Gasteiger partial charge in [0.25, 0.3) is 5.95 Å². The monoisotopic (exact) mass is 360 g/mol. The second-order valence-electron chi connectivity index (χ2n) is 5.49. The van der Waals surface area contributed by atoms with Crippen LogP contribution in [0.4, 0.5) is 0 Å². The van der Waals surface area contributed by atoms with Crippen LogP contribution in [-0.2, 0) is 0 Å². The molecule has 2 heterocycles. The zero-order valence-electron chi connectivity index (χ0n) is 14.2. The summed E-state index contributed by atoms with van der Waals surface area (Å²) >= 11 is 6.16. The van der Waals surface area contributed by atoms with Gasteiger partial charge in [0.1, 0.15) is 0 Å². The van der Waals surface area contributed by atoms with E-state index in [-0.39, 0.29) is 5.75 Å². The molecule has 0 spiro atoms. The van der Waals surface area contributed by atoms with Gasteiger partial charge in [-0.3, -0.25) is 0 Å². The molecule has 3 aromatic rings. The van der Waals surface area contributed by atoms with Gasteiger partial charge in [-0.25, -0.2) is 4.68 Å². The summed E-state index contributed by atoms with van der Waals surface area (Å²) in [7, 11) is 1.47. The van der Waals surface area contributed by atoms with Crippen LogP contribution in [0.1, 0.15) is 22.8 Å². The first-order valence-electron chi connectivity index (χ1n) is 7.47. The Labute approximate surface area is 149 Å². The molecule has 2 aromatic heterocycles. The number of aryl methyl sites for hydroxylation is 3. The number of aromatic hydroxyl groups is 1. The zero-order chi connectivity index (χ0) is 18.1. The average Bonchev–Trinajstić information content (AvgIpc) is 3.08. The molecule has 0 radical (unpaired) electrons. The van der Waals surface area contributed by atoms with E-state index in [0.29, 0.717) is 28.1 Å². The summed E-state index contributed by atoms with van der Waals surface area (Å²) < 4.78 is 8.33. The first-order chi connectivity index (χ1) is 11.9. The number of aromatic nitrogens is 5. The number of halogens is 1. The van der Waals surface area contributed by atoms with Crippen molar-refractivity contribution in [3.8, 4) is 17.4 Å². The first kappa shape index (κ1) is 17.0. The van der Waals surface area contributed by atoms with Crippen molar-refractivity contribution in [3.63, 3.8) is 0 Å². The Hall–Kier alpha value is -2.87. The molecule has 0 fully saturated rings. The number of methoxy groups -OCH3 is 1. The van der Waals surface area contributed by atoms with Crippen LogP contribution in [0.2, 0.25) is 5.02 Å². The second-order valence-corrected chi connectivity index (χ2v) is 5.90. The van der Waals surface area contributed by atoms with Gasteiger partial charge in [0, 0.05) is 17.3 Å². The van der Waals surface area contributed by atoms with Gasteiger partial charge in [0.2, 0.25) is 0 Å². The molecule has 0 saturated heterocycles. The highest BCUT2D eigenvalue weighted by Crippen LogP contribution is 2.31. The molecule has 0 bridgehead atoms. The van der Waals surface area contributed by atoms with Crippen molar-refractivity contribution in [2.75, 3.05) is 7.11 Å². The molecule has 0 aliphatic carbocycles. The van der Waals surface area contributed by atoms with Crippen LogP contribution >= 0.6 is 11.6 Å². The van der Waals surface area contributed by atoms with Crippen molar-refractivity contribution < 1.29 is 9.84 Å². The predicted octanol–water partition coefficient (Wildman–Crippen LogP) is 2.64. The SMILES string of the molecule is COc1cc(/C=N/n2c(C)nnc2-n2nc(C)cc2C)c(Cl)cc1O. The number of hydrogen-bond donors (Lipinski definition) is 1. The van der Waals surface area contributed by atoms with E-state index in [9.17, 15) is 5.11 Å². The molecule has 130 valence electrons. The third kappa shape index (κ3) is 3.20. The molecule has 8 nitrogen and oxygen atoms in total. The summed E-state index contributed by atoms with van der Waals surface area (Å²) in [5.41, 5.74) is 2.38. The Morgan fingerprint density at radius 3 is 2.60 bits per heavy atom. The number of phenolic OH excluding ortho intramolecular Hbond substituents is 1. The lowest BCUT2D eigenvalue weighted by Crippen LogP contribution is -2.08. The lowest BCUT2D eigenvalue weighted by molar-refractivity contribution is 0.373. The lowest BCUT2D eigenvalue weighted by Gasteiger charge is -2.07. The van der Waals surface area contributed by atoms with Crippen LogP contribution in [0.25, 0.3) is 5.95 Å². The van der Waals surface area contributed by atoms with Gasteiger partial charge in [-0.15, -0.1) is 10.2 Å². The number of benzene rings is 1. The molecule has 3 rings (SSSR count). The molecule has 0 amide bonds. The summed E-state index contributed by atoms with van der Waals surface area (Å²) in [6.45, 7) is 5.63. The van der Waals surface area contributed by atoms with E-state index in [2.05, 4.69) is 20.4 Å².